The lowest BCUT2D eigenvalue weighted by Gasteiger charge is -2.21. The Balaban J connectivity index is 1.51. The Hall–Kier alpha value is -2.73. The molecule has 2 aromatic heterocycles. The Morgan fingerprint density at radius 3 is 2.92 bits per heavy atom. The molecule has 0 saturated carbocycles. The number of para-hydroxylation sites is 2. The lowest BCUT2D eigenvalue weighted by Crippen LogP contribution is -2.37. The number of piperidine rings is 1. The maximum atomic E-state index is 12.3. The summed E-state index contributed by atoms with van der Waals surface area (Å²) >= 11 is 0. The summed E-state index contributed by atoms with van der Waals surface area (Å²) in [6.07, 6.45) is 5.44. The second-order valence-corrected chi connectivity index (χ2v) is 6.04. The van der Waals surface area contributed by atoms with Gasteiger partial charge in [0.2, 0.25) is 5.91 Å². The second-order valence-electron chi connectivity index (χ2n) is 6.04. The Labute approximate surface area is 139 Å². The number of benzene rings is 1. The molecular formula is C18H19N5O. The molecule has 0 bridgehead atoms. The van der Waals surface area contributed by atoms with Crippen LogP contribution in [0, 0.1) is 5.92 Å². The van der Waals surface area contributed by atoms with Gasteiger partial charge in [-0.1, -0.05) is 12.1 Å². The molecule has 1 atom stereocenters. The molecule has 2 N–H and O–H groups in total. The van der Waals surface area contributed by atoms with Crippen molar-refractivity contribution in [1.82, 2.24) is 19.9 Å². The molecule has 122 valence electrons. The number of imidazole rings is 1. The summed E-state index contributed by atoms with van der Waals surface area (Å²) in [5.41, 5.74) is 2.66. The maximum Gasteiger partial charge on any atom is 0.228 e. The summed E-state index contributed by atoms with van der Waals surface area (Å²) in [7, 11) is 0. The molecule has 1 aliphatic rings. The van der Waals surface area contributed by atoms with Crippen LogP contribution in [-0.4, -0.2) is 33.5 Å². The van der Waals surface area contributed by atoms with E-state index in [1.165, 1.54) is 0 Å². The van der Waals surface area contributed by atoms with Gasteiger partial charge in [-0.15, -0.1) is 0 Å². The number of hydrogen-bond donors (Lipinski definition) is 2. The smallest absolute Gasteiger partial charge is 0.228 e. The number of amides is 1. The molecule has 1 unspecified atom stereocenters. The van der Waals surface area contributed by atoms with Gasteiger partial charge in [-0.3, -0.25) is 9.36 Å². The van der Waals surface area contributed by atoms with Crippen LogP contribution in [0.2, 0.25) is 0 Å². The standard InChI is InChI=1S/C18H19N5O/c24-18(13-4-3-9-19-10-13)22-14-7-8-17(20-11-14)23-12-21-15-5-1-2-6-16(15)23/h1-2,5-8,11-13,19H,3-4,9-10H2,(H,22,24). The van der Waals surface area contributed by atoms with E-state index in [9.17, 15) is 4.79 Å². The van der Waals surface area contributed by atoms with Gasteiger partial charge >= 0.3 is 0 Å². The van der Waals surface area contributed by atoms with E-state index >= 15 is 0 Å². The molecular weight excluding hydrogens is 302 g/mol. The molecule has 0 aliphatic carbocycles. The molecule has 1 aromatic carbocycles. The summed E-state index contributed by atoms with van der Waals surface area (Å²) in [6, 6.07) is 11.7. The number of carbonyl (C=O) groups excluding carboxylic acids is 1. The van der Waals surface area contributed by atoms with Crippen LogP contribution in [0.3, 0.4) is 0 Å². The van der Waals surface area contributed by atoms with E-state index in [4.69, 9.17) is 0 Å². The zero-order valence-electron chi connectivity index (χ0n) is 13.3. The van der Waals surface area contributed by atoms with E-state index < -0.39 is 0 Å². The van der Waals surface area contributed by atoms with E-state index in [1.54, 1.807) is 12.5 Å². The minimum absolute atomic E-state index is 0.0380. The number of rotatable bonds is 3. The van der Waals surface area contributed by atoms with Crippen LogP contribution in [-0.2, 0) is 4.79 Å². The highest BCUT2D eigenvalue weighted by molar-refractivity contribution is 5.92. The van der Waals surface area contributed by atoms with Gasteiger partial charge in [-0.2, -0.15) is 0 Å². The third-order valence-electron chi connectivity index (χ3n) is 4.38. The quantitative estimate of drug-likeness (QED) is 0.777. The number of nitrogens with one attached hydrogen (secondary N) is 2. The Morgan fingerprint density at radius 2 is 2.12 bits per heavy atom. The first-order chi connectivity index (χ1) is 11.8. The van der Waals surface area contributed by atoms with Crippen LogP contribution < -0.4 is 10.6 Å². The zero-order chi connectivity index (χ0) is 16.4. The summed E-state index contributed by atoms with van der Waals surface area (Å²) in [5, 5.41) is 6.21. The SMILES string of the molecule is O=C(Nc1ccc(-n2cnc3ccccc32)nc1)C1CCCNC1. The first-order valence-electron chi connectivity index (χ1n) is 8.21. The summed E-state index contributed by atoms with van der Waals surface area (Å²) < 4.78 is 1.94. The molecule has 3 aromatic rings. The van der Waals surface area contributed by atoms with Crippen LogP contribution in [0.4, 0.5) is 5.69 Å². The Bertz CT molecular complexity index is 849. The van der Waals surface area contributed by atoms with Crippen molar-refractivity contribution in [1.29, 1.82) is 0 Å². The molecule has 3 heterocycles. The summed E-state index contributed by atoms with van der Waals surface area (Å²) in [5.74, 6) is 0.877. The van der Waals surface area contributed by atoms with Crippen LogP contribution >= 0.6 is 0 Å². The topological polar surface area (TPSA) is 71.8 Å². The first-order valence-corrected chi connectivity index (χ1v) is 8.21. The maximum absolute atomic E-state index is 12.3. The fourth-order valence-electron chi connectivity index (χ4n) is 3.06. The van der Waals surface area contributed by atoms with Crippen LogP contribution in [0.15, 0.2) is 48.9 Å². The molecule has 0 radical (unpaired) electrons. The highest BCUT2D eigenvalue weighted by Gasteiger charge is 2.20. The molecule has 0 spiro atoms. The van der Waals surface area contributed by atoms with Gasteiger partial charge in [0.1, 0.15) is 12.1 Å². The summed E-state index contributed by atoms with van der Waals surface area (Å²) in [4.78, 5) is 21.1. The van der Waals surface area contributed by atoms with Crippen LogP contribution in [0.5, 0.6) is 0 Å². The van der Waals surface area contributed by atoms with Crippen molar-refractivity contribution in [3.8, 4) is 5.82 Å². The number of pyridine rings is 1. The van der Waals surface area contributed by atoms with Gasteiger partial charge < -0.3 is 10.6 Å². The number of fused-ring (bicyclic) bond motifs is 1. The predicted octanol–water partition coefficient (Wildman–Crippen LogP) is 2.36. The van der Waals surface area contributed by atoms with E-state index in [-0.39, 0.29) is 11.8 Å². The van der Waals surface area contributed by atoms with Crippen molar-refractivity contribution >= 4 is 22.6 Å². The van der Waals surface area contributed by atoms with Crippen molar-refractivity contribution in [2.24, 2.45) is 5.92 Å². The molecule has 1 amide bonds. The molecule has 24 heavy (non-hydrogen) atoms. The number of carbonyl (C=O) groups is 1. The number of anilines is 1. The van der Waals surface area contributed by atoms with Gasteiger partial charge in [0.05, 0.1) is 28.8 Å². The third-order valence-corrected chi connectivity index (χ3v) is 4.38. The second kappa shape index (κ2) is 6.41. The Morgan fingerprint density at radius 1 is 1.21 bits per heavy atom. The van der Waals surface area contributed by atoms with Gasteiger partial charge in [-0.05, 0) is 43.7 Å². The predicted molar refractivity (Wildman–Crippen MR) is 93.1 cm³/mol. The van der Waals surface area contributed by atoms with Crippen molar-refractivity contribution in [2.75, 3.05) is 18.4 Å². The van der Waals surface area contributed by atoms with Crippen molar-refractivity contribution in [3.05, 3.63) is 48.9 Å². The molecule has 6 heteroatoms. The highest BCUT2D eigenvalue weighted by atomic mass is 16.1. The van der Waals surface area contributed by atoms with E-state index in [1.807, 2.05) is 41.0 Å². The van der Waals surface area contributed by atoms with E-state index in [0.717, 1.165) is 48.5 Å². The van der Waals surface area contributed by atoms with E-state index in [0.29, 0.717) is 0 Å². The van der Waals surface area contributed by atoms with Crippen LogP contribution in [0.1, 0.15) is 12.8 Å². The largest absolute Gasteiger partial charge is 0.324 e. The van der Waals surface area contributed by atoms with Gasteiger partial charge in [0.15, 0.2) is 0 Å². The van der Waals surface area contributed by atoms with Crippen molar-refractivity contribution in [3.63, 3.8) is 0 Å². The molecule has 6 nitrogen and oxygen atoms in total. The number of hydrogen-bond acceptors (Lipinski definition) is 4. The fourth-order valence-corrected chi connectivity index (χ4v) is 3.06. The average molecular weight is 321 g/mol. The first kappa shape index (κ1) is 14.8. The average Bonchev–Trinajstić information content (AvgIpc) is 3.07. The van der Waals surface area contributed by atoms with E-state index in [2.05, 4.69) is 20.6 Å². The molecule has 1 aliphatic heterocycles. The monoisotopic (exact) mass is 321 g/mol. The van der Waals surface area contributed by atoms with Gasteiger partial charge in [0, 0.05) is 6.54 Å². The van der Waals surface area contributed by atoms with Crippen LogP contribution in [0.25, 0.3) is 16.9 Å². The zero-order valence-corrected chi connectivity index (χ0v) is 13.3. The minimum atomic E-state index is 0.0380. The number of aromatic nitrogens is 3. The highest BCUT2D eigenvalue weighted by Crippen LogP contribution is 2.18. The lowest BCUT2D eigenvalue weighted by molar-refractivity contribution is -0.120. The number of nitrogens with zero attached hydrogens (tertiary/aromatic N) is 3. The van der Waals surface area contributed by atoms with Crippen molar-refractivity contribution in [2.45, 2.75) is 12.8 Å². The summed E-state index contributed by atoms with van der Waals surface area (Å²) in [6.45, 7) is 1.75. The fraction of sp³-hybridized carbons (Fsp3) is 0.278. The minimum Gasteiger partial charge on any atom is -0.324 e. The molecule has 1 saturated heterocycles. The third kappa shape index (κ3) is 2.88. The normalized spacial score (nSPS) is 17.8. The van der Waals surface area contributed by atoms with Gasteiger partial charge in [-0.25, -0.2) is 9.97 Å². The Kier molecular flexibility index (Phi) is 3.96. The van der Waals surface area contributed by atoms with Gasteiger partial charge in [0.25, 0.3) is 0 Å². The van der Waals surface area contributed by atoms with Crippen molar-refractivity contribution < 1.29 is 4.79 Å². The molecule has 1 fully saturated rings. The molecule has 4 rings (SSSR count). The lowest BCUT2D eigenvalue weighted by atomic mass is 9.99.